The van der Waals surface area contributed by atoms with Crippen LogP contribution >= 0.6 is 0 Å². The van der Waals surface area contributed by atoms with E-state index in [-0.39, 0.29) is 23.9 Å². The zero-order valence-corrected chi connectivity index (χ0v) is 21.7. The molecule has 2 fully saturated rings. The SMILES string of the molecule is Cc1ccc(N2NC(=O)CC2c2ccccc2)cc1.Cc1cccc(N2NC(=O)CC2c2ccccc2)c1. The van der Waals surface area contributed by atoms with Crippen LogP contribution in [0.25, 0.3) is 0 Å². The Morgan fingerprint density at radius 1 is 0.553 bits per heavy atom. The molecule has 6 nitrogen and oxygen atoms in total. The monoisotopic (exact) mass is 504 g/mol. The standard InChI is InChI=1S/2C16H16N2O/c1-12-6-5-9-14(10-12)18-15(11-16(19)17-18)13-7-3-2-4-8-13;1-12-7-9-14(10-8-12)18-15(11-16(19)17-18)13-5-3-2-4-6-13/h2*2-10,15H,11H2,1H3,(H,17,19). The molecule has 192 valence electrons. The van der Waals surface area contributed by atoms with E-state index in [0.717, 1.165) is 22.5 Å². The van der Waals surface area contributed by atoms with Crippen LogP contribution in [0.2, 0.25) is 0 Å². The maximum Gasteiger partial charge on any atom is 0.241 e. The number of aryl methyl sites for hydroxylation is 2. The summed E-state index contributed by atoms with van der Waals surface area (Å²) >= 11 is 0. The Morgan fingerprint density at radius 2 is 1.05 bits per heavy atom. The van der Waals surface area contributed by atoms with E-state index in [0.29, 0.717) is 12.8 Å². The number of hydrazine groups is 2. The van der Waals surface area contributed by atoms with Gasteiger partial charge in [0.15, 0.2) is 0 Å². The smallest absolute Gasteiger partial charge is 0.241 e. The largest absolute Gasteiger partial charge is 0.278 e. The highest BCUT2D eigenvalue weighted by molar-refractivity contribution is 5.83. The van der Waals surface area contributed by atoms with Crippen LogP contribution in [0.4, 0.5) is 11.4 Å². The average Bonchev–Trinajstić information content (AvgIpc) is 3.53. The van der Waals surface area contributed by atoms with Crippen molar-refractivity contribution in [3.63, 3.8) is 0 Å². The van der Waals surface area contributed by atoms with Crippen LogP contribution < -0.4 is 20.9 Å². The molecule has 6 heteroatoms. The Kier molecular flexibility index (Phi) is 7.40. The molecule has 4 aromatic rings. The summed E-state index contributed by atoms with van der Waals surface area (Å²) in [6, 6.07) is 36.8. The van der Waals surface area contributed by atoms with Gasteiger partial charge >= 0.3 is 0 Å². The Labute approximate surface area is 223 Å². The van der Waals surface area contributed by atoms with Crippen molar-refractivity contribution < 1.29 is 9.59 Å². The van der Waals surface area contributed by atoms with Crippen LogP contribution in [0.15, 0.2) is 109 Å². The van der Waals surface area contributed by atoms with Gasteiger partial charge in [0.2, 0.25) is 11.8 Å². The third kappa shape index (κ3) is 5.70. The van der Waals surface area contributed by atoms with Gasteiger partial charge in [-0.25, -0.2) is 0 Å². The van der Waals surface area contributed by atoms with Crippen LogP contribution in [0.1, 0.15) is 47.2 Å². The van der Waals surface area contributed by atoms with Gasteiger partial charge in [-0.2, -0.15) is 0 Å². The lowest BCUT2D eigenvalue weighted by Gasteiger charge is -2.26. The minimum atomic E-state index is 0.0643. The molecule has 0 spiro atoms. The van der Waals surface area contributed by atoms with Crippen molar-refractivity contribution in [3.8, 4) is 0 Å². The number of carbonyl (C=O) groups excluding carboxylic acids is 2. The van der Waals surface area contributed by atoms with Gasteiger partial charge in [0.05, 0.1) is 36.3 Å². The molecule has 0 bridgehead atoms. The summed E-state index contributed by atoms with van der Waals surface area (Å²) in [4.78, 5) is 23.5. The zero-order valence-electron chi connectivity index (χ0n) is 21.7. The number of anilines is 2. The Balaban J connectivity index is 0.000000155. The first-order valence-corrected chi connectivity index (χ1v) is 12.9. The van der Waals surface area contributed by atoms with Gasteiger partial charge in [0.25, 0.3) is 0 Å². The van der Waals surface area contributed by atoms with Crippen molar-refractivity contribution in [1.29, 1.82) is 0 Å². The molecular formula is C32H32N4O2. The fraction of sp³-hybridized carbons (Fsp3) is 0.188. The van der Waals surface area contributed by atoms with Crippen molar-refractivity contribution >= 4 is 23.2 Å². The molecule has 2 amide bonds. The molecule has 0 saturated carbocycles. The molecule has 38 heavy (non-hydrogen) atoms. The van der Waals surface area contributed by atoms with E-state index in [1.807, 2.05) is 70.7 Å². The summed E-state index contributed by atoms with van der Waals surface area (Å²) in [6.07, 6.45) is 0.996. The highest BCUT2D eigenvalue weighted by Crippen LogP contribution is 2.33. The lowest BCUT2D eigenvalue weighted by Crippen LogP contribution is -2.34. The van der Waals surface area contributed by atoms with Crippen LogP contribution in [0.5, 0.6) is 0 Å². The van der Waals surface area contributed by atoms with Gasteiger partial charge in [-0.3, -0.25) is 30.5 Å². The summed E-state index contributed by atoms with van der Waals surface area (Å²) in [7, 11) is 0. The van der Waals surface area contributed by atoms with Crippen molar-refractivity contribution in [2.24, 2.45) is 0 Å². The van der Waals surface area contributed by atoms with E-state index in [4.69, 9.17) is 0 Å². The van der Waals surface area contributed by atoms with Gasteiger partial charge in [-0.05, 0) is 54.8 Å². The summed E-state index contributed by atoms with van der Waals surface area (Å²) < 4.78 is 0. The third-order valence-electron chi connectivity index (χ3n) is 6.83. The molecule has 0 radical (unpaired) electrons. The topological polar surface area (TPSA) is 64.7 Å². The van der Waals surface area contributed by atoms with Gasteiger partial charge < -0.3 is 0 Å². The molecule has 4 aromatic carbocycles. The van der Waals surface area contributed by atoms with Crippen LogP contribution in [-0.4, -0.2) is 11.8 Å². The Morgan fingerprint density at radius 3 is 1.55 bits per heavy atom. The summed E-state index contributed by atoms with van der Waals surface area (Å²) in [5.41, 5.74) is 12.6. The van der Waals surface area contributed by atoms with Crippen molar-refractivity contribution in [1.82, 2.24) is 10.9 Å². The molecule has 6 rings (SSSR count). The molecule has 2 aliphatic heterocycles. The van der Waals surface area contributed by atoms with E-state index in [9.17, 15) is 9.59 Å². The molecule has 2 heterocycles. The summed E-state index contributed by atoms with van der Waals surface area (Å²) in [6.45, 7) is 4.11. The van der Waals surface area contributed by atoms with E-state index in [2.05, 4.69) is 73.2 Å². The van der Waals surface area contributed by atoms with E-state index < -0.39 is 0 Å². The molecule has 2 unspecified atom stereocenters. The Bertz CT molecular complexity index is 1390. The van der Waals surface area contributed by atoms with E-state index >= 15 is 0 Å². The quantitative estimate of drug-likeness (QED) is 0.360. The van der Waals surface area contributed by atoms with Gasteiger partial charge in [0.1, 0.15) is 0 Å². The highest BCUT2D eigenvalue weighted by atomic mass is 16.2. The molecule has 0 aliphatic carbocycles. The van der Waals surface area contributed by atoms with E-state index in [1.165, 1.54) is 11.1 Å². The maximum atomic E-state index is 11.7. The molecule has 2 N–H and O–H groups in total. The second kappa shape index (κ2) is 11.2. The Hall–Kier alpha value is -4.58. The van der Waals surface area contributed by atoms with Gasteiger partial charge in [0, 0.05) is 0 Å². The van der Waals surface area contributed by atoms with Crippen LogP contribution in [0.3, 0.4) is 0 Å². The minimum absolute atomic E-state index is 0.0643. The first kappa shape index (κ1) is 25.1. The first-order valence-electron chi connectivity index (χ1n) is 12.9. The van der Waals surface area contributed by atoms with E-state index in [1.54, 1.807) is 0 Å². The zero-order chi connectivity index (χ0) is 26.5. The number of amides is 2. The average molecular weight is 505 g/mol. The number of hydrogen-bond acceptors (Lipinski definition) is 4. The fourth-order valence-electron chi connectivity index (χ4n) is 4.91. The minimum Gasteiger partial charge on any atom is -0.278 e. The molecular weight excluding hydrogens is 472 g/mol. The van der Waals surface area contributed by atoms with Gasteiger partial charge in [-0.1, -0.05) is 90.5 Å². The number of rotatable bonds is 4. The number of nitrogens with zero attached hydrogens (tertiary/aromatic N) is 2. The fourth-order valence-corrected chi connectivity index (χ4v) is 4.91. The van der Waals surface area contributed by atoms with Crippen LogP contribution in [0, 0.1) is 13.8 Å². The summed E-state index contributed by atoms with van der Waals surface area (Å²) in [5.74, 6) is 0.129. The number of carbonyl (C=O) groups is 2. The molecule has 2 saturated heterocycles. The van der Waals surface area contributed by atoms with Gasteiger partial charge in [-0.15, -0.1) is 0 Å². The second-order valence-electron chi connectivity index (χ2n) is 9.75. The summed E-state index contributed by atoms with van der Waals surface area (Å²) in [5, 5.41) is 3.92. The van der Waals surface area contributed by atoms with Crippen molar-refractivity contribution in [3.05, 3.63) is 131 Å². The molecule has 2 atom stereocenters. The number of nitrogens with one attached hydrogen (secondary N) is 2. The third-order valence-corrected chi connectivity index (χ3v) is 6.83. The lowest BCUT2D eigenvalue weighted by molar-refractivity contribution is -0.120. The normalized spacial score (nSPS) is 18.5. The predicted molar refractivity (Wildman–Crippen MR) is 151 cm³/mol. The van der Waals surface area contributed by atoms with Crippen LogP contribution in [-0.2, 0) is 9.59 Å². The number of benzene rings is 4. The van der Waals surface area contributed by atoms with Crippen molar-refractivity contribution in [2.45, 2.75) is 38.8 Å². The molecule has 0 aromatic heterocycles. The van der Waals surface area contributed by atoms with Crippen molar-refractivity contribution in [2.75, 3.05) is 10.0 Å². The lowest BCUT2D eigenvalue weighted by atomic mass is 10.0. The highest BCUT2D eigenvalue weighted by Gasteiger charge is 2.32. The predicted octanol–water partition coefficient (Wildman–Crippen LogP) is 5.96. The molecule has 2 aliphatic rings. The second-order valence-corrected chi connectivity index (χ2v) is 9.75. The maximum absolute atomic E-state index is 11.7. The first-order chi connectivity index (χ1) is 18.5. The number of hydrogen-bond donors (Lipinski definition) is 2.